The molecule has 1 heterocycles. The Hall–Kier alpha value is -1.08. The second-order valence-electron chi connectivity index (χ2n) is 3.47. The van der Waals surface area contributed by atoms with E-state index in [1.165, 1.54) is 11.3 Å². The van der Waals surface area contributed by atoms with Crippen molar-refractivity contribution in [3.8, 4) is 0 Å². The summed E-state index contributed by atoms with van der Waals surface area (Å²) in [5.74, 6) is -0.392. The van der Waals surface area contributed by atoms with Gasteiger partial charge in [0.1, 0.15) is 4.88 Å². The summed E-state index contributed by atoms with van der Waals surface area (Å²) >= 11 is 1.29. The molecule has 0 saturated carbocycles. The van der Waals surface area contributed by atoms with Gasteiger partial charge in [-0.25, -0.2) is 4.79 Å². The molecular formula is C11H13F3O3S. The highest BCUT2D eigenvalue weighted by Gasteiger charge is 2.28. The van der Waals surface area contributed by atoms with E-state index in [0.29, 0.717) is 17.7 Å². The van der Waals surface area contributed by atoms with E-state index in [1.54, 1.807) is 17.5 Å². The van der Waals surface area contributed by atoms with Gasteiger partial charge in [0.2, 0.25) is 0 Å². The summed E-state index contributed by atoms with van der Waals surface area (Å²) in [5.41, 5.74) is 0. The van der Waals surface area contributed by atoms with Crippen LogP contribution in [-0.4, -0.2) is 25.5 Å². The number of hydrogen-bond acceptors (Lipinski definition) is 4. The van der Waals surface area contributed by atoms with Crippen molar-refractivity contribution in [1.82, 2.24) is 0 Å². The number of carbonyl (C=O) groups excluding carboxylic acids is 1. The Labute approximate surface area is 107 Å². The average Bonchev–Trinajstić information content (AvgIpc) is 2.79. The second kappa shape index (κ2) is 7.38. The zero-order chi connectivity index (χ0) is 13.4. The number of esters is 1. The molecule has 0 N–H and O–H groups in total. The van der Waals surface area contributed by atoms with Crippen LogP contribution in [0.15, 0.2) is 17.5 Å². The van der Waals surface area contributed by atoms with Crippen molar-refractivity contribution in [1.29, 1.82) is 0 Å². The first-order valence-electron chi connectivity index (χ1n) is 5.40. The van der Waals surface area contributed by atoms with Crippen molar-refractivity contribution < 1.29 is 27.4 Å². The van der Waals surface area contributed by atoms with Crippen LogP contribution in [0.2, 0.25) is 0 Å². The molecule has 18 heavy (non-hydrogen) atoms. The van der Waals surface area contributed by atoms with E-state index < -0.39 is 12.3 Å². The number of alkyl halides is 3. The normalized spacial score (nSPS) is 11.5. The minimum Gasteiger partial charge on any atom is -0.462 e. The van der Waals surface area contributed by atoms with Gasteiger partial charge in [-0.05, 0) is 30.7 Å². The van der Waals surface area contributed by atoms with Crippen molar-refractivity contribution >= 4 is 17.3 Å². The number of unbranched alkanes of at least 4 members (excludes halogenated alkanes) is 2. The summed E-state index contributed by atoms with van der Waals surface area (Å²) < 4.78 is 43.4. The molecule has 0 atom stereocenters. The zero-order valence-electron chi connectivity index (χ0n) is 9.53. The predicted molar refractivity (Wildman–Crippen MR) is 60.5 cm³/mol. The molecule has 0 saturated heterocycles. The summed E-state index contributed by atoms with van der Waals surface area (Å²) in [4.78, 5) is 11.9. The number of ether oxygens (including phenoxy) is 2. The van der Waals surface area contributed by atoms with Crippen molar-refractivity contribution in [3.05, 3.63) is 22.4 Å². The van der Waals surface area contributed by atoms with Gasteiger partial charge in [-0.15, -0.1) is 24.5 Å². The highest BCUT2D eigenvalue weighted by atomic mass is 32.1. The molecule has 7 heteroatoms. The molecule has 1 aromatic heterocycles. The first-order chi connectivity index (χ1) is 8.49. The van der Waals surface area contributed by atoms with Gasteiger partial charge < -0.3 is 4.74 Å². The van der Waals surface area contributed by atoms with Crippen LogP contribution in [0.3, 0.4) is 0 Å². The maximum Gasteiger partial charge on any atom is 0.522 e. The molecule has 0 fully saturated rings. The number of thiophene rings is 1. The lowest BCUT2D eigenvalue weighted by molar-refractivity contribution is -0.324. The maximum atomic E-state index is 11.6. The van der Waals surface area contributed by atoms with Crippen molar-refractivity contribution in [2.24, 2.45) is 0 Å². The Kier molecular flexibility index (Phi) is 6.14. The largest absolute Gasteiger partial charge is 0.522 e. The molecule has 3 nitrogen and oxygen atoms in total. The molecular weight excluding hydrogens is 269 g/mol. The van der Waals surface area contributed by atoms with Crippen LogP contribution in [-0.2, 0) is 9.47 Å². The summed E-state index contributed by atoms with van der Waals surface area (Å²) in [6.07, 6.45) is -3.23. The number of rotatable bonds is 7. The molecule has 0 radical (unpaired) electrons. The first-order valence-corrected chi connectivity index (χ1v) is 6.28. The quantitative estimate of drug-likeness (QED) is 0.566. The highest BCUT2D eigenvalue weighted by Crippen LogP contribution is 2.16. The third kappa shape index (κ3) is 6.61. The standard InChI is InChI=1S/C11H13F3O3S/c12-11(13,14)17-7-3-1-2-6-16-10(15)9-5-4-8-18-9/h4-5,8H,1-3,6-7H2. The first kappa shape index (κ1) is 15.0. The van der Waals surface area contributed by atoms with Gasteiger partial charge in [-0.2, -0.15) is 0 Å². The van der Waals surface area contributed by atoms with Crippen LogP contribution in [0.1, 0.15) is 28.9 Å². The number of carbonyl (C=O) groups is 1. The van der Waals surface area contributed by atoms with Crippen LogP contribution < -0.4 is 0 Å². The van der Waals surface area contributed by atoms with E-state index in [1.807, 2.05) is 0 Å². The number of hydrogen-bond donors (Lipinski definition) is 0. The zero-order valence-corrected chi connectivity index (χ0v) is 10.4. The van der Waals surface area contributed by atoms with Gasteiger partial charge in [-0.3, -0.25) is 4.74 Å². The minimum atomic E-state index is -4.56. The Balaban J connectivity index is 1.98. The average molecular weight is 282 g/mol. The maximum absolute atomic E-state index is 11.6. The number of halogens is 3. The molecule has 0 unspecified atom stereocenters. The summed E-state index contributed by atoms with van der Waals surface area (Å²) in [7, 11) is 0. The molecule has 102 valence electrons. The summed E-state index contributed by atoms with van der Waals surface area (Å²) in [6.45, 7) is -0.148. The smallest absolute Gasteiger partial charge is 0.462 e. The monoisotopic (exact) mass is 282 g/mol. The van der Waals surface area contributed by atoms with Crippen LogP contribution in [0.5, 0.6) is 0 Å². The Morgan fingerprint density at radius 2 is 1.94 bits per heavy atom. The van der Waals surface area contributed by atoms with Crippen LogP contribution in [0.4, 0.5) is 13.2 Å². The lowest BCUT2D eigenvalue weighted by Gasteiger charge is -2.07. The minimum absolute atomic E-state index is 0.211. The fraction of sp³-hybridized carbons (Fsp3) is 0.545. The second-order valence-corrected chi connectivity index (χ2v) is 4.42. The molecule has 0 aromatic carbocycles. The molecule has 0 aliphatic heterocycles. The molecule has 0 amide bonds. The summed E-state index contributed by atoms with van der Waals surface area (Å²) in [6, 6.07) is 3.40. The van der Waals surface area contributed by atoms with Gasteiger partial charge in [0.15, 0.2) is 0 Å². The third-order valence-corrected chi connectivity index (χ3v) is 2.86. The van der Waals surface area contributed by atoms with Crippen molar-refractivity contribution in [2.75, 3.05) is 13.2 Å². The molecule has 0 bridgehead atoms. The van der Waals surface area contributed by atoms with Crippen LogP contribution >= 0.6 is 11.3 Å². The van der Waals surface area contributed by atoms with Gasteiger partial charge in [0.05, 0.1) is 13.2 Å². The fourth-order valence-electron chi connectivity index (χ4n) is 1.20. The van der Waals surface area contributed by atoms with Crippen LogP contribution in [0, 0.1) is 0 Å². The van der Waals surface area contributed by atoms with Crippen molar-refractivity contribution in [3.63, 3.8) is 0 Å². The topological polar surface area (TPSA) is 35.5 Å². The van der Waals surface area contributed by atoms with Crippen LogP contribution in [0.25, 0.3) is 0 Å². The lowest BCUT2D eigenvalue weighted by Crippen LogP contribution is -2.14. The highest BCUT2D eigenvalue weighted by molar-refractivity contribution is 7.11. The van der Waals surface area contributed by atoms with Gasteiger partial charge >= 0.3 is 12.3 Å². The van der Waals surface area contributed by atoms with E-state index >= 15 is 0 Å². The predicted octanol–water partition coefficient (Wildman–Crippen LogP) is 3.61. The van der Waals surface area contributed by atoms with Gasteiger partial charge in [0.25, 0.3) is 0 Å². The SMILES string of the molecule is O=C(OCCCCCOC(F)(F)F)c1cccs1. The fourth-order valence-corrected chi connectivity index (χ4v) is 1.82. The molecule has 0 spiro atoms. The molecule has 0 aliphatic carbocycles. The summed E-state index contributed by atoms with van der Waals surface area (Å²) in [5, 5.41) is 1.77. The molecule has 1 rings (SSSR count). The molecule has 0 aliphatic rings. The van der Waals surface area contributed by atoms with E-state index in [0.717, 1.165) is 0 Å². The Morgan fingerprint density at radius 1 is 1.22 bits per heavy atom. The Bertz CT molecular complexity index is 349. The van der Waals surface area contributed by atoms with E-state index in [2.05, 4.69) is 4.74 Å². The van der Waals surface area contributed by atoms with E-state index in [4.69, 9.17) is 4.74 Å². The van der Waals surface area contributed by atoms with E-state index in [9.17, 15) is 18.0 Å². The lowest BCUT2D eigenvalue weighted by atomic mass is 10.2. The van der Waals surface area contributed by atoms with Crippen molar-refractivity contribution in [2.45, 2.75) is 25.6 Å². The van der Waals surface area contributed by atoms with Gasteiger partial charge in [0, 0.05) is 0 Å². The van der Waals surface area contributed by atoms with E-state index in [-0.39, 0.29) is 19.6 Å². The Morgan fingerprint density at radius 3 is 2.56 bits per heavy atom. The van der Waals surface area contributed by atoms with Gasteiger partial charge in [-0.1, -0.05) is 6.07 Å². The third-order valence-electron chi connectivity index (χ3n) is 2.01. The molecule has 1 aromatic rings.